The lowest BCUT2D eigenvalue weighted by Crippen LogP contribution is -2.49. The molecule has 0 bridgehead atoms. The molecule has 0 aromatic rings. The molecule has 0 aromatic heterocycles. The third-order valence-corrected chi connectivity index (χ3v) is 3.03. The summed E-state index contributed by atoms with van der Waals surface area (Å²) >= 11 is 0. The van der Waals surface area contributed by atoms with Crippen LogP contribution in [0.5, 0.6) is 0 Å². The predicted molar refractivity (Wildman–Crippen MR) is 71.2 cm³/mol. The van der Waals surface area contributed by atoms with E-state index < -0.39 is 12.6 Å². The maximum absolute atomic E-state index is 12.1. The fourth-order valence-electron chi connectivity index (χ4n) is 2.06. The van der Waals surface area contributed by atoms with Crippen molar-refractivity contribution in [3.63, 3.8) is 0 Å². The number of hydrogen-bond donors (Lipinski definition) is 2. The first-order valence-corrected chi connectivity index (χ1v) is 6.72. The van der Waals surface area contributed by atoms with Crippen molar-refractivity contribution in [2.45, 2.75) is 57.8 Å². The molecule has 0 amide bonds. The SMILES string of the molecule is CC(C)NC(C)(CO)CCCN(C)CCC(F)(F)F. The van der Waals surface area contributed by atoms with Gasteiger partial charge in [0, 0.05) is 18.1 Å². The van der Waals surface area contributed by atoms with Gasteiger partial charge >= 0.3 is 6.18 Å². The smallest absolute Gasteiger partial charge is 0.390 e. The molecular weight excluding hydrogens is 257 g/mol. The molecule has 6 heteroatoms. The van der Waals surface area contributed by atoms with Crippen LogP contribution < -0.4 is 5.32 Å². The molecule has 1 unspecified atom stereocenters. The molecule has 0 aliphatic rings. The molecule has 0 saturated carbocycles. The van der Waals surface area contributed by atoms with Crippen molar-refractivity contribution in [2.75, 3.05) is 26.7 Å². The van der Waals surface area contributed by atoms with Gasteiger partial charge in [-0.15, -0.1) is 0 Å². The fourth-order valence-corrected chi connectivity index (χ4v) is 2.06. The van der Waals surface area contributed by atoms with E-state index >= 15 is 0 Å². The number of alkyl halides is 3. The van der Waals surface area contributed by atoms with Crippen molar-refractivity contribution in [2.24, 2.45) is 0 Å². The highest BCUT2D eigenvalue weighted by molar-refractivity contribution is 4.84. The number of rotatable bonds is 9. The van der Waals surface area contributed by atoms with E-state index in [1.807, 2.05) is 20.8 Å². The Hall–Kier alpha value is -0.330. The normalized spacial score (nSPS) is 16.1. The molecule has 0 rings (SSSR count). The quantitative estimate of drug-likeness (QED) is 0.682. The van der Waals surface area contributed by atoms with Gasteiger partial charge < -0.3 is 15.3 Å². The van der Waals surface area contributed by atoms with E-state index in [4.69, 9.17) is 0 Å². The molecule has 0 heterocycles. The van der Waals surface area contributed by atoms with E-state index in [9.17, 15) is 18.3 Å². The average Bonchev–Trinajstić information content (AvgIpc) is 2.24. The van der Waals surface area contributed by atoms with Gasteiger partial charge in [0.15, 0.2) is 0 Å². The van der Waals surface area contributed by atoms with Crippen LogP contribution in [0, 0.1) is 0 Å². The Balaban J connectivity index is 3.93. The van der Waals surface area contributed by atoms with E-state index in [0.29, 0.717) is 6.54 Å². The van der Waals surface area contributed by atoms with Crippen molar-refractivity contribution in [1.82, 2.24) is 10.2 Å². The van der Waals surface area contributed by atoms with Gasteiger partial charge in [0.1, 0.15) is 0 Å². The summed E-state index contributed by atoms with van der Waals surface area (Å²) in [5, 5.41) is 12.7. The molecule has 0 radical (unpaired) electrons. The van der Waals surface area contributed by atoms with Crippen LogP contribution in [-0.4, -0.2) is 54.5 Å². The van der Waals surface area contributed by atoms with Crippen LogP contribution in [0.3, 0.4) is 0 Å². The number of nitrogens with one attached hydrogen (secondary N) is 1. The first-order chi connectivity index (χ1) is 8.58. The summed E-state index contributed by atoms with van der Waals surface area (Å²) in [6.07, 6.45) is -3.37. The van der Waals surface area contributed by atoms with Gasteiger partial charge in [-0.25, -0.2) is 0 Å². The first-order valence-electron chi connectivity index (χ1n) is 6.72. The zero-order valence-electron chi connectivity index (χ0n) is 12.3. The number of aliphatic hydroxyl groups is 1. The van der Waals surface area contributed by atoms with Crippen molar-refractivity contribution in [1.29, 1.82) is 0 Å². The van der Waals surface area contributed by atoms with Crippen LogP contribution >= 0.6 is 0 Å². The minimum absolute atomic E-state index is 0.0248. The summed E-state index contributed by atoms with van der Waals surface area (Å²) in [4.78, 5) is 1.68. The Kier molecular flexibility index (Phi) is 7.93. The molecule has 3 nitrogen and oxygen atoms in total. The second kappa shape index (κ2) is 8.07. The van der Waals surface area contributed by atoms with Crippen LogP contribution in [0.15, 0.2) is 0 Å². The second-order valence-corrected chi connectivity index (χ2v) is 5.79. The molecule has 1 atom stereocenters. The largest absolute Gasteiger partial charge is 0.394 e. The van der Waals surface area contributed by atoms with Gasteiger partial charge in [-0.1, -0.05) is 13.8 Å². The Morgan fingerprint density at radius 3 is 2.16 bits per heavy atom. The van der Waals surface area contributed by atoms with Crippen molar-refractivity contribution in [3.05, 3.63) is 0 Å². The van der Waals surface area contributed by atoms with E-state index in [2.05, 4.69) is 5.32 Å². The molecule has 0 fully saturated rings. The lowest BCUT2D eigenvalue weighted by molar-refractivity contribution is -0.137. The molecule has 0 aliphatic heterocycles. The highest BCUT2D eigenvalue weighted by Crippen LogP contribution is 2.19. The maximum Gasteiger partial charge on any atom is 0.390 e. The Bertz CT molecular complexity index is 247. The molecule has 0 aliphatic carbocycles. The predicted octanol–water partition coefficient (Wildman–Crippen LogP) is 2.40. The second-order valence-electron chi connectivity index (χ2n) is 5.79. The number of aliphatic hydroxyl groups excluding tert-OH is 1. The van der Waals surface area contributed by atoms with Gasteiger partial charge in [0.2, 0.25) is 0 Å². The van der Waals surface area contributed by atoms with Crippen LogP contribution in [0.25, 0.3) is 0 Å². The lowest BCUT2D eigenvalue weighted by atomic mass is 9.95. The van der Waals surface area contributed by atoms with E-state index in [-0.39, 0.29) is 24.7 Å². The Morgan fingerprint density at radius 2 is 1.74 bits per heavy atom. The number of hydrogen-bond acceptors (Lipinski definition) is 3. The maximum atomic E-state index is 12.1. The minimum Gasteiger partial charge on any atom is -0.394 e. The first kappa shape index (κ1) is 18.7. The van der Waals surface area contributed by atoms with Crippen molar-refractivity contribution < 1.29 is 18.3 Å². The van der Waals surface area contributed by atoms with Gasteiger partial charge in [-0.2, -0.15) is 13.2 Å². The molecule has 0 saturated heterocycles. The highest BCUT2D eigenvalue weighted by atomic mass is 19.4. The average molecular weight is 284 g/mol. The zero-order chi connectivity index (χ0) is 15.1. The summed E-state index contributed by atoms with van der Waals surface area (Å²) < 4.78 is 36.2. The Morgan fingerprint density at radius 1 is 1.16 bits per heavy atom. The summed E-state index contributed by atoms with van der Waals surface area (Å²) in [6, 6.07) is 0.264. The van der Waals surface area contributed by atoms with Crippen LogP contribution in [0.1, 0.15) is 40.0 Å². The summed E-state index contributed by atoms with van der Waals surface area (Å²) in [5.41, 5.74) is -0.362. The molecule has 116 valence electrons. The molecule has 19 heavy (non-hydrogen) atoms. The van der Waals surface area contributed by atoms with Crippen molar-refractivity contribution in [3.8, 4) is 0 Å². The van der Waals surface area contributed by atoms with Crippen LogP contribution in [0.2, 0.25) is 0 Å². The highest BCUT2D eigenvalue weighted by Gasteiger charge is 2.27. The topological polar surface area (TPSA) is 35.5 Å². The van der Waals surface area contributed by atoms with E-state index in [1.54, 1.807) is 11.9 Å². The van der Waals surface area contributed by atoms with Crippen LogP contribution in [0.4, 0.5) is 13.2 Å². The third-order valence-electron chi connectivity index (χ3n) is 3.03. The standard InChI is InChI=1S/C13H27F3N2O/c1-11(2)17-12(3,10-19)6-5-8-18(4)9-7-13(14,15)16/h11,17,19H,5-10H2,1-4H3. The molecule has 2 N–H and O–H groups in total. The van der Waals surface area contributed by atoms with Gasteiger partial charge in [-0.3, -0.25) is 0 Å². The van der Waals surface area contributed by atoms with E-state index in [0.717, 1.165) is 12.8 Å². The van der Waals surface area contributed by atoms with Gasteiger partial charge in [0.05, 0.1) is 13.0 Å². The molecule has 0 aromatic carbocycles. The van der Waals surface area contributed by atoms with Crippen molar-refractivity contribution >= 4 is 0 Å². The van der Waals surface area contributed by atoms with Crippen LogP contribution in [-0.2, 0) is 0 Å². The summed E-state index contributed by atoms with van der Waals surface area (Å²) in [6.45, 7) is 6.59. The minimum atomic E-state index is -4.09. The van der Waals surface area contributed by atoms with Gasteiger partial charge in [0.25, 0.3) is 0 Å². The number of halogens is 3. The lowest BCUT2D eigenvalue weighted by Gasteiger charge is -2.32. The molecular formula is C13H27F3N2O. The summed E-state index contributed by atoms with van der Waals surface area (Å²) in [7, 11) is 1.69. The fraction of sp³-hybridized carbons (Fsp3) is 1.00. The number of nitrogens with zero attached hydrogens (tertiary/aromatic N) is 1. The Labute approximate surface area is 114 Å². The van der Waals surface area contributed by atoms with Gasteiger partial charge in [-0.05, 0) is 33.4 Å². The monoisotopic (exact) mass is 284 g/mol. The zero-order valence-corrected chi connectivity index (χ0v) is 12.3. The molecule has 0 spiro atoms. The van der Waals surface area contributed by atoms with E-state index in [1.165, 1.54) is 0 Å². The summed E-state index contributed by atoms with van der Waals surface area (Å²) in [5.74, 6) is 0. The third kappa shape index (κ3) is 10.2.